The van der Waals surface area contributed by atoms with Crippen LogP contribution < -0.4 is 5.32 Å². The molecule has 1 aliphatic carbocycles. The summed E-state index contributed by atoms with van der Waals surface area (Å²) in [6, 6.07) is 0.623. The fourth-order valence-electron chi connectivity index (χ4n) is 1.80. The summed E-state index contributed by atoms with van der Waals surface area (Å²) in [4.78, 5) is 0. The lowest BCUT2D eigenvalue weighted by molar-refractivity contribution is 0.443. The molecule has 2 atom stereocenters. The second kappa shape index (κ2) is 5.82. The van der Waals surface area contributed by atoms with Gasteiger partial charge in [0.1, 0.15) is 0 Å². The predicted molar refractivity (Wildman–Crippen MR) is 63.3 cm³/mol. The second-order valence-electron chi connectivity index (χ2n) is 4.14. The standard InChI is InChI=1S/C13H21N/c1-11-6-4-5-7-12(2)10-13(14-3)9-8-11/h4-7,12-14H,1,8-10H2,2-3H3/b6-4-,7-5-. The Bertz CT molecular complexity index is 238. The molecule has 0 amide bonds. The van der Waals surface area contributed by atoms with Crippen molar-refractivity contribution in [3.63, 3.8) is 0 Å². The van der Waals surface area contributed by atoms with Crippen LogP contribution in [0, 0.1) is 5.92 Å². The minimum atomic E-state index is 0.623. The maximum Gasteiger partial charge on any atom is 0.00727 e. The van der Waals surface area contributed by atoms with Gasteiger partial charge in [-0.05, 0) is 32.2 Å². The molecule has 1 rings (SSSR count). The fourth-order valence-corrected chi connectivity index (χ4v) is 1.80. The average Bonchev–Trinajstić information content (AvgIpc) is 2.18. The Hall–Kier alpha value is -0.820. The lowest BCUT2D eigenvalue weighted by Gasteiger charge is -2.19. The Balaban J connectivity index is 2.63. The molecular weight excluding hydrogens is 170 g/mol. The van der Waals surface area contributed by atoms with Gasteiger partial charge >= 0.3 is 0 Å². The molecule has 0 saturated carbocycles. The molecule has 1 aliphatic rings. The van der Waals surface area contributed by atoms with Crippen molar-refractivity contribution >= 4 is 0 Å². The summed E-state index contributed by atoms with van der Waals surface area (Å²) in [6.07, 6.45) is 12.1. The first-order valence-corrected chi connectivity index (χ1v) is 5.42. The normalized spacial score (nSPS) is 33.7. The average molecular weight is 191 g/mol. The Morgan fingerprint density at radius 1 is 1.43 bits per heavy atom. The molecule has 0 aliphatic heterocycles. The molecule has 0 fully saturated rings. The van der Waals surface area contributed by atoms with Crippen molar-refractivity contribution in [1.82, 2.24) is 5.32 Å². The lowest BCUT2D eigenvalue weighted by Crippen LogP contribution is -2.27. The van der Waals surface area contributed by atoms with E-state index in [0.29, 0.717) is 12.0 Å². The largest absolute Gasteiger partial charge is 0.317 e. The molecule has 1 N–H and O–H groups in total. The molecular formula is C13H21N. The van der Waals surface area contributed by atoms with Crippen LogP contribution >= 0.6 is 0 Å². The second-order valence-corrected chi connectivity index (χ2v) is 4.14. The monoisotopic (exact) mass is 191 g/mol. The lowest BCUT2D eigenvalue weighted by atomic mass is 9.95. The molecule has 0 heterocycles. The van der Waals surface area contributed by atoms with Crippen LogP contribution in [0.5, 0.6) is 0 Å². The molecule has 0 saturated heterocycles. The number of rotatable bonds is 1. The molecule has 0 radical (unpaired) electrons. The van der Waals surface area contributed by atoms with Crippen LogP contribution in [0.3, 0.4) is 0 Å². The van der Waals surface area contributed by atoms with Crippen molar-refractivity contribution in [2.24, 2.45) is 5.92 Å². The summed E-state index contributed by atoms with van der Waals surface area (Å²) >= 11 is 0. The summed E-state index contributed by atoms with van der Waals surface area (Å²) in [5.41, 5.74) is 1.23. The molecule has 0 aromatic carbocycles. The van der Waals surface area contributed by atoms with Crippen molar-refractivity contribution in [3.05, 3.63) is 36.5 Å². The van der Waals surface area contributed by atoms with Gasteiger partial charge in [0.05, 0.1) is 0 Å². The number of hydrogen-bond acceptors (Lipinski definition) is 1. The van der Waals surface area contributed by atoms with Gasteiger partial charge in [-0.25, -0.2) is 0 Å². The fraction of sp³-hybridized carbons (Fsp3) is 0.538. The van der Waals surface area contributed by atoms with Crippen LogP contribution in [-0.2, 0) is 0 Å². The van der Waals surface area contributed by atoms with Gasteiger partial charge in [0.15, 0.2) is 0 Å². The van der Waals surface area contributed by atoms with Crippen LogP contribution in [0.25, 0.3) is 0 Å². The summed E-state index contributed by atoms with van der Waals surface area (Å²) in [7, 11) is 2.05. The quantitative estimate of drug-likeness (QED) is 0.671. The minimum Gasteiger partial charge on any atom is -0.317 e. The zero-order valence-electron chi connectivity index (χ0n) is 9.29. The summed E-state index contributed by atoms with van der Waals surface area (Å²) < 4.78 is 0. The van der Waals surface area contributed by atoms with Crippen LogP contribution in [0.4, 0.5) is 0 Å². The summed E-state index contributed by atoms with van der Waals surface area (Å²) in [5, 5.41) is 3.37. The molecule has 14 heavy (non-hydrogen) atoms. The van der Waals surface area contributed by atoms with E-state index in [1.165, 1.54) is 18.4 Å². The number of hydrogen-bond donors (Lipinski definition) is 1. The maximum atomic E-state index is 4.03. The Morgan fingerprint density at radius 3 is 2.93 bits per heavy atom. The zero-order valence-corrected chi connectivity index (χ0v) is 9.29. The highest BCUT2D eigenvalue weighted by atomic mass is 14.9. The third-order valence-corrected chi connectivity index (χ3v) is 2.76. The van der Waals surface area contributed by atoms with E-state index in [0.717, 1.165) is 6.42 Å². The van der Waals surface area contributed by atoms with Gasteiger partial charge in [0, 0.05) is 6.04 Å². The number of allylic oxidation sites excluding steroid dienone is 5. The summed E-state index contributed by atoms with van der Waals surface area (Å²) in [5.74, 6) is 0.656. The van der Waals surface area contributed by atoms with Crippen molar-refractivity contribution in [1.29, 1.82) is 0 Å². The van der Waals surface area contributed by atoms with E-state index in [1.807, 2.05) is 7.05 Å². The molecule has 78 valence electrons. The molecule has 0 aromatic heterocycles. The topological polar surface area (TPSA) is 12.0 Å². The van der Waals surface area contributed by atoms with E-state index in [1.54, 1.807) is 0 Å². The SMILES string of the molecule is C=C1/C=C\C=C/C(C)CC(NC)CC1. The first-order chi connectivity index (χ1) is 6.72. The van der Waals surface area contributed by atoms with Gasteiger partial charge < -0.3 is 5.32 Å². The van der Waals surface area contributed by atoms with Crippen molar-refractivity contribution in [2.75, 3.05) is 7.05 Å². The van der Waals surface area contributed by atoms with Gasteiger partial charge in [0.25, 0.3) is 0 Å². The molecule has 0 bridgehead atoms. The van der Waals surface area contributed by atoms with Crippen molar-refractivity contribution < 1.29 is 0 Å². The predicted octanol–water partition coefficient (Wildman–Crippen LogP) is 3.06. The first kappa shape index (κ1) is 11.3. The molecule has 0 aromatic rings. The van der Waals surface area contributed by atoms with Crippen molar-refractivity contribution in [2.45, 2.75) is 32.2 Å². The van der Waals surface area contributed by atoms with Crippen LogP contribution in [-0.4, -0.2) is 13.1 Å². The van der Waals surface area contributed by atoms with Gasteiger partial charge in [0.2, 0.25) is 0 Å². The van der Waals surface area contributed by atoms with E-state index in [9.17, 15) is 0 Å². The van der Waals surface area contributed by atoms with Gasteiger partial charge in [-0.3, -0.25) is 0 Å². The van der Waals surface area contributed by atoms with E-state index in [4.69, 9.17) is 0 Å². The highest BCUT2D eigenvalue weighted by Gasteiger charge is 2.09. The highest BCUT2D eigenvalue weighted by molar-refractivity contribution is 5.20. The van der Waals surface area contributed by atoms with Crippen molar-refractivity contribution in [3.8, 4) is 0 Å². The smallest absolute Gasteiger partial charge is 0.00727 e. The van der Waals surface area contributed by atoms with E-state index < -0.39 is 0 Å². The Labute approximate surface area is 87.6 Å². The van der Waals surface area contributed by atoms with E-state index in [-0.39, 0.29) is 0 Å². The third kappa shape index (κ3) is 3.93. The summed E-state index contributed by atoms with van der Waals surface area (Å²) in [6.45, 7) is 6.30. The Kier molecular flexibility index (Phi) is 4.68. The van der Waals surface area contributed by atoms with E-state index >= 15 is 0 Å². The van der Waals surface area contributed by atoms with Gasteiger partial charge in [-0.2, -0.15) is 0 Å². The molecule has 1 nitrogen and oxygen atoms in total. The van der Waals surface area contributed by atoms with E-state index in [2.05, 4.69) is 43.1 Å². The Morgan fingerprint density at radius 2 is 2.21 bits per heavy atom. The molecule has 0 spiro atoms. The molecule has 1 heteroatoms. The first-order valence-electron chi connectivity index (χ1n) is 5.42. The van der Waals surface area contributed by atoms with Crippen LogP contribution in [0.15, 0.2) is 36.5 Å². The highest BCUT2D eigenvalue weighted by Crippen LogP contribution is 2.16. The third-order valence-electron chi connectivity index (χ3n) is 2.76. The van der Waals surface area contributed by atoms with Gasteiger partial charge in [-0.1, -0.05) is 43.4 Å². The van der Waals surface area contributed by atoms with Crippen LogP contribution in [0.1, 0.15) is 26.2 Å². The zero-order chi connectivity index (χ0) is 10.4. The maximum absolute atomic E-state index is 4.03. The molecule has 2 unspecified atom stereocenters. The number of nitrogens with one attached hydrogen (secondary N) is 1. The van der Waals surface area contributed by atoms with Crippen LogP contribution in [0.2, 0.25) is 0 Å². The van der Waals surface area contributed by atoms with Gasteiger partial charge in [-0.15, -0.1) is 0 Å². The minimum absolute atomic E-state index is 0.623.